The Hall–Kier alpha value is -1.55. The van der Waals surface area contributed by atoms with Crippen molar-refractivity contribution in [3.8, 4) is 5.75 Å². The van der Waals surface area contributed by atoms with Crippen molar-refractivity contribution < 1.29 is 14.6 Å². The molecule has 3 atom stereocenters. The van der Waals surface area contributed by atoms with E-state index in [1.165, 1.54) is 31.2 Å². The fourth-order valence-corrected chi connectivity index (χ4v) is 5.74. The summed E-state index contributed by atoms with van der Waals surface area (Å²) in [4.78, 5) is 11.6. The molecule has 30 heavy (non-hydrogen) atoms. The highest BCUT2D eigenvalue weighted by Crippen LogP contribution is 2.54. The first-order valence-electron chi connectivity index (χ1n) is 11.8. The summed E-state index contributed by atoms with van der Waals surface area (Å²) in [7, 11) is 0. The molecule has 3 rings (SSSR count). The summed E-state index contributed by atoms with van der Waals surface area (Å²) < 4.78 is 6.50. The smallest absolute Gasteiger partial charge is 0.217 e. The zero-order valence-corrected chi connectivity index (χ0v) is 19.8. The number of rotatable bonds is 7. The predicted molar refractivity (Wildman–Crippen MR) is 122 cm³/mol. The second kappa shape index (κ2) is 8.53. The van der Waals surface area contributed by atoms with Gasteiger partial charge in [-0.05, 0) is 50.2 Å². The van der Waals surface area contributed by atoms with Gasteiger partial charge in [0.05, 0.1) is 0 Å². The van der Waals surface area contributed by atoms with Crippen molar-refractivity contribution in [2.75, 3.05) is 0 Å². The fourth-order valence-electron chi connectivity index (χ4n) is 5.74. The number of hydrogen-bond donors (Lipinski definition) is 2. The fraction of sp³-hybridized carbons (Fsp3) is 0.731. The van der Waals surface area contributed by atoms with Crippen LogP contribution < -0.4 is 10.1 Å². The minimum atomic E-state index is -0.980. The number of unbranched alkanes of at least 4 members (excludes halogenated alkanes) is 3. The van der Waals surface area contributed by atoms with Crippen molar-refractivity contribution in [3.63, 3.8) is 0 Å². The maximum Gasteiger partial charge on any atom is 0.217 e. The van der Waals surface area contributed by atoms with Crippen LogP contribution in [0, 0.1) is 5.92 Å². The molecule has 2 N–H and O–H groups in total. The van der Waals surface area contributed by atoms with E-state index in [9.17, 15) is 9.90 Å². The number of ether oxygens (including phenoxy) is 1. The van der Waals surface area contributed by atoms with E-state index in [1.807, 2.05) is 0 Å². The van der Waals surface area contributed by atoms with Crippen molar-refractivity contribution in [1.82, 2.24) is 5.32 Å². The number of amides is 1. The molecule has 1 heterocycles. The summed E-state index contributed by atoms with van der Waals surface area (Å²) in [6, 6.07) is 6.42. The summed E-state index contributed by atoms with van der Waals surface area (Å²) >= 11 is 0. The summed E-state index contributed by atoms with van der Waals surface area (Å²) in [5, 5.41) is 15.0. The van der Waals surface area contributed by atoms with Crippen LogP contribution in [0.25, 0.3) is 0 Å². The highest BCUT2D eigenvalue weighted by molar-refractivity contribution is 5.73. The van der Waals surface area contributed by atoms with E-state index in [0.717, 1.165) is 30.6 Å². The standard InChI is InChI=1S/C26H41NO3/c1-7-8-9-10-15-24(3,4)19-11-13-21-22(16-19)30-25(5,6)23-14-12-20(27-18(2)28)17-26(21,23)29/h11,13,16,20,23,29H,7-10,12,14-15,17H2,1-6H3,(H,27,28)/t20?,23-,26+/m0/s1. The van der Waals surface area contributed by atoms with Gasteiger partial charge in [0.2, 0.25) is 5.91 Å². The number of aliphatic hydroxyl groups is 1. The Bertz CT molecular complexity index is 770. The van der Waals surface area contributed by atoms with Gasteiger partial charge in [0.15, 0.2) is 0 Å². The van der Waals surface area contributed by atoms with E-state index < -0.39 is 11.2 Å². The Morgan fingerprint density at radius 1 is 1.23 bits per heavy atom. The van der Waals surface area contributed by atoms with Gasteiger partial charge in [-0.2, -0.15) is 0 Å². The van der Waals surface area contributed by atoms with E-state index in [-0.39, 0.29) is 23.3 Å². The molecule has 0 bridgehead atoms. The van der Waals surface area contributed by atoms with Gasteiger partial charge >= 0.3 is 0 Å². The molecule has 1 aromatic carbocycles. The molecule has 1 saturated carbocycles. The molecule has 0 saturated heterocycles. The Morgan fingerprint density at radius 2 is 1.97 bits per heavy atom. The first kappa shape index (κ1) is 23.1. The SMILES string of the molecule is CCCCCCC(C)(C)c1ccc2c(c1)OC(C)(C)[C@@H]1CCC(NC(C)=O)C[C@@]21O. The number of carbonyl (C=O) groups is 1. The second-order valence-corrected chi connectivity index (χ2v) is 10.8. The molecule has 4 nitrogen and oxygen atoms in total. The molecule has 0 radical (unpaired) electrons. The zero-order chi connectivity index (χ0) is 22.2. The van der Waals surface area contributed by atoms with Gasteiger partial charge in [0.25, 0.3) is 0 Å². The summed E-state index contributed by atoms with van der Waals surface area (Å²) in [6.07, 6.45) is 8.44. The molecule has 168 valence electrons. The quantitative estimate of drug-likeness (QED) is 0.570. The maximum atomic E-state index is 11.9. The van der Waals surface area contributed by atoms with E-state index in [2.05, 4.69) is 58.1 Å². The molecule has 1 aliphatic heterocycles. The van der Waals surface area contributed by atoms with Crippen LogP contribution in [0.1, 0.15) is 104 Å². The number of carbonyl (C=O) groups excluding carboxylic acids is 1. The topological polar surface area (TPSA) is 58.6 Å². The molecule has 1 fully saturated rings. The highest BCUT2D eigenvalue weighted by atomic mass is 16.5. The van der Waals surface area contributed by atoms with Crippen LogP contribution in [-0.2, 0) is 15.8 Å². The number of nitrogens with one attached hydrogen (secondary N) is 1. The highest BCUT2D eigenvalue weighted by Gasteiger charge is 2.55. The van der Waals surface area contributed by atoms with Gasteiger partial charge in [-0.15, -0.1) is 0 Å². The summed E-state index contributed by atoms with van der Waals surface area (Å²) in [5.41, 5.74) is 0.789. The molecule has 2 aliphatic rings. The van der Waals surface area contributed by atoms with Crippen molar-refractivity contribution in [1.29, 1.82) is 0 Å². The van der Waals surface area contributed by atoms with Crippen molar-refractivity contribution in [2.45, 2.75) is 116 Å². The lowest BCUT2D eigenvalue weighted by atomic mass is 9.62. The van der Waals surface area contributed by atoms with Crippen LogP contribution in [0.15, 0.2) is 18.2 Å². The number of fused-ring (bicyclic) bond motifs is 3. The van der Waals surface area contributed by atoms with Crippen LogP contribution in [0.2, 0.25) is 0 Å². The number of benzene rings is 1. The second-order valence-electron chi connectivity index (χ2n) is 10.8. The molecular formula is C26H41NO3. The normalized spacial score (nSPS) is 27.6. The summed E-state index contributed by atoms with van der Waals surface area (Å²) in [6.45, 7) is 12.6. The molecule has 0 aromatic heterocycles. The Labute approximate surface area is 182 Å². The average Bonchev–Trinajstić information content (AvgIpc) is 2.63. The van der Waals surface area contributed by atoms with Gasteiger partial charge in [-0.3, -0.25) is 4.79 Å². The molecule has 4 heteroatoms. The molecule has 0 spiro atoms. The monoisotopic (exact) mass is 415 g/mol. The van der Waals surface area contributed by atoms with E-state index in [0.29, 0.717) is 6.42 Å². The minimum absolute atomic E-state index is 0.000170. The van der Waals surface area contributed by atoms with Gasteiger partial charge in [-0.1, -0.05) is 58.6 Å². The first-order valence-corrected chi connectivity index (χ1v) is 11.8. The largest absolute Gasteiger partial charge is 0.487 e. The average molecular weight is 416 g/mol. The van der Waals surface area contributed by atoms with Crippen LogP contribution in [0.4, 0.5) is 0 Å². The third-order valence-electron chi connectivity index (χ3n) is 7.44. The van der Waals surface area contributed by atoms with Crippen LogP contribution in [-0.4, -0.2) is 22.7 Å². The molecule has 1 unspecified atom stereocenters. The lowest BCUT2D eigenvalue weighted by Gasteiger charge is -2.54. The van der Waals surface area contributed by atoms with Crippen LogP contribution in [0.5, 0.6) is 5.75 Å². The minimum Gasteiger partial charge on any atom is -0.487 e. The lowest BCUT2D eigenvalue weighted by Crippen LogP contribution is -2.59. The van der Waals surface area contributed by atoms with E-state index >= 15 is 0 Å². The summed E-state index contributed by atoms with van der Waals surface area (Å²) in [5.74, 6) is 0.783. The Morgan fingerprint density at radius 3 is 2.63 bits per heavy atom. The van der Waals surface area contributed by atoms with E-state index in [1.54, 1.807) is 6.92 Å². The van der Waals surface area contributed by atoms with Gasteiger partial charge in [0.1, 0.15) is 17.0 Å². The van der Waals surface area contributed by atoms with Crippen molar-refractivity contribution in [2.24, 2.45) is 5.92 Å². The molecular weight excluding hydrogens is 374 g/mol. The first-order chi connectivity index (χ1) is 14.0. The van der Waals surface area contributed by atoms with Gasteiger partial charge in [0, 0.05) is 30.9 Å². The Kier molecular flexibility index (Phi) is 6.57. The maximum absolute atomic E-state index is 11.9. The number of hydrogen-bond acceptors (Lipinski definition) is 3. The van der Waals surface area contributed by atoms with Crippen LogP contribution >= 0.6 is 0 Å². The lowest BCUT2D eigenvalue weighted by molar-refractivity contribution is -0.153. The van der Waals surface area contributed by atoms with Crippen LogP contribution in [0.3, 0.4) is 0 Å². The molecule has 1 aromatic rings. The van der Waals surface area contributed by atoms with Crippen molar-refractivity contribution in [3.05, 3.63) is 29.3 Å². The van der Waals surface area contributed by atoms with Crippen molar-refractivity contribution >= 4 is 5.91 Å². The molecule has 1 aliphatic carbocycles. The zero-order valence-electron chi connectivity index (χ0n) is 19.8. The third kappa shape index (κ3) is 4.54. The predicted octanol–water partition coefficient (Wildman–Crippen LogP) is 5.60. The Balaban J connectivity index is 1.90. The molecule has 1 amide bonds. The third-order valence-corrected chi connectivity index (χ3v) is 7.44. The van der Waals surface area contributed by atoms with Gasteiger partial charge < -0.3 is 15.2 Å². The van der Waals surface area contributed by atoms with E-state index in [4.69, 9.17) is 4.74 Å². The van der Waals surface area contributed by atoms with Gasteiger partial charge in [-0.25, -0.2) is 0 Å².